The highest BCUT2D eigenvalue weighted by Gasteiger charge is 2.22. The van der Waals surface area contributed by atoms with Crippen molar-refractivity contribution in [3.63, 3.8) is 0 Å². The number of aromatic nitrogens is 3. The highest BCUT2D eigenvalue weighted by Crippen LogP contribution is 2.33. The molecule has 0 unspecified atom stereocenters. The molecule has 4 heterocycles. The Morgan fingerprint density at radius 1 is 1.13 bits per heavy atom. The highest BCUT2D eigenvalue weighted by atomic mass is 32.1. The number of ether oxygens (including phenoxy) is 1. The Kier molecular flexibility index (Phi) is 4.76. The number of H-pyrrole nitrogens is 1. The van der Waals surface area contributed by atoms with Crippen LogP contribution in [0.4, 0.5) is 13.9 Å². The van der Waals surface area contributed by atoms with Crippen LogP contribution in [0, 0.1) is 11.6 Å². The third-order valence-corrected chi connectivity index (χ3v) is 6.13. The van der Waals surface area contributed by atoms with E-state index in [0.717, 1.165) is 40.8 Å². The molecule has 0 radical (unpaired) electrons. The third kappa shape index (κ3) is 3.25. The molecule has 1 aromatic carbocycles. The van der Waals surface area contributed by atoms with E-state index in [1.54, 1.807) is 18.5 Å². The van der Waals surface area contributed by atoms with Crippen molar-refractivity contribution in [1.29, 1.82) is 0 Å². The van der Waals surface area contributed by atoms with Gasteiger partial charge in [0.1, 0.15) is 17.3 Å². The lowest BCUT2D eigenvalue weighted by Gasteiger charge is -2.25. The summed E-state index contributed by atoms with van der Waals surface area (Å²) in [6, 6.07) is 5.16. The van der Waals surface area contributed by atoms with Crippen LogP contribution in [0.2, 0.25) is 0 Å². The summed E-state index contributed by atoms with van der Waals surface area (Å²) in [5.41, 5.74) is 0.844. The maximum atomic E-state index is 14.1. The topological polar surface area (TPSA) is 71.1 Å². The molecular formula is C21H16F2N4O2S. The van der Waals surface area contributed by atoms with Gasteiger partial charge in [0.15, 0.2) is 5.13 Å². The smallest absolute Gasteiger partial charge is 0.201 e. The first-order valence-electron chi connectivity index (χ1n) is 9.36. The normalized spacial score (nSPS) is 14.4. The number of pyridine rings is 1. The molecule has 1 aliphatic heterocycles. The van der Waals surface area contributed by atoms with Crippen LogP contribution in [0.25, 0.3) is 21.5 Å². The Hall–Kier alpha value is -3.17. The zero-order valence-corrected chi connectivity index (χ0v) is 16.5. The number of hydrogen-bond acceptors (Lipinski definition) is 6. The molecule has 0 aliphatic carbocycles. The number of carbonyl (C=O) groups excluding carboxylic acids is 1. The fourth-order valence-electron chi connectivity index (χ4n) is 3.47. The van der Waals surface area contributed by atoms with Crippen molar-refractivity contribution in [1.82, 2.24) is 15.0 Å². The molecule has 0 amide bonds. The van der Waals surface area contributed by atoms with Crippen LogP contribution in [0.1, 0.15) is 15.9 Å². The molecule has 3 aromatic heterocycles. The number of morpholine rings is 1. The van der Waals surface area contributed by atoms with E-state index in [1.165, 1.54) is 23.6 Å². The number of hydrogen-bond donors (Lipinski definition) is 1. The Labute approximate surface area is 174 Å². The zero-order chi connectivity index (χ0) is 20.7. The number of benzene rings is 1. The summed E-state index contributed by atoms with van der Waals surface area (Å²) in [5, 5.41) is 1.40. The second-order valence-corrected chi connectivity index (χ2v) is 7.86. The SMILES string of the molecule is O=C(c1c(F)cccc1F)c1c[nH]c2ncc(-c3cnc(N4CCOCC4)s3)cc12. The number of fused-ring (bicyclic) bond motifs is 1. The van der Waals surface area contributed by atoms with E-state index in [0.29, 0.717) is 24.2 Å². The largest absolute Gasteiger partial charge is 0.378 e. The van der Waals surface area contributed by atoms with Crippen LogP contribution in [0.5, 0.6) is 0 Å². The minimum absolute atomic E-state index is 0.168. The zero-order valence-electron chi connectivity index (χ0n) is 15.7. The van der Waals surface area contributed by atoms with Gasteiger partial charge in [0.25, 0.3) is 0 Å². The lowest BCUT2D eigenvalue weighted by molar-refractivity contribution is 0.103. The monoisotopic (exact) mass is 426 g/mol. The van der Waals surface area contributed by atoms with Gasteiger partial charge in [-0.25, -0.2) is 18.7 Å². The van der Waals surface area contributed by atoms with Gasteiger partial charge in [0, 0.05) is 48.2 Å². The van der Waals surface area contributed by atoms with Crippen LogP contribution in [0.15, 0.2) is 42.9 Å². The Morgan fingerprint density at radius 2 is 1.90 bits per heavy atom. The van der Waals surface area contributed by atoms with Gasteiger partial charge in [-0.15, -0.1) is 0 Å². The minimum Gasteiger partial charge on any atom is -0.378 e. The minimum atomic E-state index is -0.893. The van der Waals surface area contributed by atoms with Crippen molar-refractivity contribution < 1.29 is 18.3 Å². The lowest BCUT2D eigenvalue weighted by atomic mass is 10.0. The quantitative estimate of drug-likeness (QED) is 0.499. The molecule has 4 aromatic rings. The van der Waals surface area contributed by atoms with E-state index in [1.807, 2.05) is 0 Å². The van der Waals surface area contributed by atoms with Crippen LogP contribution in [0.3, 0.4) is 0 Å². The lowest BCUT2D eigenvalue weighted by Crippen LogP contribution is -2.36. The van der Waals surface area contributed by atoms with Gasteiger partial charge < -0.3 is 14.6 Å². The van der Waals surface area contributed by atoms with E-state index in [4.69, 9.17) is 4.74 Å². The number of nitrogens with zero attached hydrogens (tertiary/aromatic N) is 3. The molecule has 1 N–H and O–H groups in total. The average molecular weight is 426 g/mol. The summed E-state index contributed by atoms with van der Waals surface area (Å²) < 4.78 is 33.6. The van der Waals surface area contributed by atoms with Gasteiger partial charge in [-0.3, -0.25) is 4.79 Å². The summed E-state index contributed by atoms with van der Waals surface area (Å²) in [6.45, 7) is 2.91. The third-order valence-electron chi connectivity index (χ3n) is 5.03. The molecule has 5 rings (SSSR count). The first-order valence-corrected chi connectivity index (χ1v) is 10.2. The molecule has 0 spiro atoms. The highest BCUT2D eigenvalue weighted by molar-refractivity contribution is 7.18. The summed E-state index contributed by atoms with van der Waals surface area (Å²) in [4.78, 5) is 27.7. The van der Waals surface area contributed by atoms with Gasteiger partial charge in [-0.1, -0.05) is 17.4 Å². The van der Waals surface area contributed by atoms with E-state index in [-0.39, 0.29) is 5.56 Å². The molecule has 1 fully saturated rings. The fourth-order valence-corrected chi connectivity index (χ4v) is 4.42. The van der Waals surface area contributed by atoms with Gasteiger partial charge in [0.2, 0.25) is 5.78 Å². The predicted molar refractivity (Wildman–Crippen MR) is 110 cm³/mol. The van der Waals surface area contributed by atoms with Crippen molar-refractivity contribution in [2.45, 2.75) is 0 Å². The van der Waals surface area contributed by atoms with Crippen molar-refractivity contribution in [3.05, 3.63) is 65.6 Å². The maximum absolute atomic E-state index is 14.1. The van der Waals surface area contributed by atoms with Crippen molar-refractivity contribution in [3.8, 4) is 10.4 Å². The standard InChI is InChI=1S/C21H16F2N4O2S/c22-15-2-1-3-16(23)18(15)19(28)14-10-25-20-13(14)8-12(9-24-20)17-11-26-21(30-17)27-4-6-29-7-5-27/h1-3,8-11H,4-7H2,(H,24,25). The number of halogens is 2. The second kappa shape index (κ2) is 7.58. The fraction of sp³-hybridized carbons (Fsp3) is 0.190. The average Bonchev–Trinajstić information content (AvgIpc) is 3.41. The molecule has 1 aliphatic rings. The van der Waals surface area contributed by atoms with E-state index < -0.39 is 23.0 Å². The van der Waals surface area contributed by atoms with E-state index in [2.05, 4.69) is 19.9 Å². The van der Waals surface area contributed by atoms with Crippen LogP contribution in [-0.2, 0) is 4.74 Å². The van der Waals surface area contributed by atoms with Gasteiger partial charge in [0.05, 0.1) is 23.7 Å². The first kappa shape index (κ1) is 18.8. The van der Waals surface area contributed by atoms with Gasteiger partial charge in [-0.05, 0) is 18.2 Å². The summed E-state index contributed by atoms with van der Waals surface area (Å²) in [7, 11) is 0. The molecule has 9 heteroatoms. The summed E-state index contributed by atoms with van der Waals surface area (Å²) in [5.74, 6) is -2.51. The molecule has 0 atom stereocenters. The summed E-state index contributed by atoms with van der Waals surface area (Å²) in [6.07, 6.45) is 4.89. The second-order valence-electron chi connectivity index (χ2n) is 6.85. The Balaban J connectivity index is 1.52. The number of anilines is 1. The summed E-state index contributed by atoms with van der Waals surface area (Å²) >= 11 is 1.52. The maximum Gasteiger partial charge on any atom is 0.201 e. The Morgan fingerprint density at radius 3 is 2.67 bits per heavy atom. The van der Waals surface area contributed by atoms with E-state index >= 15 is 0 Å². The van der Waals surface area contributed by atoms with E-state index in [9.17, 15) is 13.6 Å². The molecular weight excluding hydrogens is 410 g/mol. The molecule has 1 saturated heterocycles. The molecule has 152 valence electrons. The molecule has 30 heavy (non-hydrogen) atoms. The molecule has 0 bridgehead atoms. The van der Waals surface area contributed by atoms with Crippen LogP contribution < -0.4 is 4.90 Å². The number of ketones is 1. The van der Waals surface area contributed by atoms with Crippen LogP contribution >= 0.6 is 11.3 Å². The van der Waals surface area contributed by atoms with Crippen molar-refractivity contribution >= 4 is 33.3 Å². The Bertz CT molecular complexity index is 1230. The number of aromatic amines is 1. The number of thiazole rings is 1. The van der Waals surface area contributed by atoms with Crippen molar-refractivity contribution in [2.24, 2.45) is 0 Å². The predicted octanol–water partition coefficient (Wildman–Crippen LogP) is 4.03. The van der Waals surface area contributed by atoms with Crippen molar-refractivity contribution in [2.75, 3.05) is 31.2 Å². The number of rotatable bonds is 4. The number of carbonyl (C=O) groups is 1. The first-order chi connectivity index (χ1) is 14.6. The number of nitrogens with one attached hydrogen (secondary N) is 1. The van der Waals surface area contributed by atoms with Gasteiger partial charge in [-0.2, -0.15) is 0 Å². The molecule has 6 nitrogen and oxygen atoms in total. The van der Waals surface area contributed by atoms with Gasteiger partial charge >= 0.3 is 0 Å². The van der Waals surface area contributed by atoms with Crippen LogP contribution in [-0.4, -0.2) is 47.0 Å². The molecule has 0 saturated carbocycles.